The van der Waals surface area contributed by atoms with Gasteiger partial charge < -0.3 is 0 Å². The van der Waals surface area contributed by atoms with E-state index in [-0.39, 0.29) is 4.90 Å². The molecule has 0 saturated heterocycles. The summed E-state index contributed by atoms with van der Waals surface area (Å²) < 4.78 is 24.5. The minimum atomic E-state index is -3.85. The van der Waals surface area contributed by atoms with Crippen molar-refractivity contribution in [2.45, 2.75) is 8.69 Å². The minimum absolute atomic E-state index is 0.0256. The molecule has 0 aliphatic carbocycles. The largest absolute Gasteiger partial charge is 0.282 e. The van der Waals surface area contributed by atoms with Gasteiger partial charge in [-0.1, -0.05) is 46.4 Å². The molecule has 0 fully saturated rings. The molecule has 0 aromatic heterocycles. The molecule has 0 aliphatic heterocycles. The summed E-state index contributed by atoms with van der Waals surface area (Å²) in [5.74, 6) is 0. The van der Waals surface area contributed by atoms with Gasteiger partial charge >= 0.3 is 0 Å². The van der Waals surface area contributed by atoms with Crippen LogP contribution in [-0.2, 0) is 10.0 Å². The molecule has 1 rings (SSSR count). The molecule has 3 nitrogen and oxygen atoms in total. The van der Waals surface area contributed by atoms with Gasteiger partial charge in [0.2, 0.25) is 3.79 Å². The molecule has 0 heterocycles. The minimum Gasteiger partial charge on any atom is -0.199 e. The van der Waals surface area contributed by atoms with Crippen molar-refractivity contribution in [3.05, 3.63) is 29.3 Å². The third kappa shape index (κ3) is 4.47. The van der Waals surface area contributed by atoms with Gasteiger partial charge in [-0.2, -0.15) is 12.8 Å². The van der Waals surface area contributed by atoms with Crippen LogP contribution in [0, 0.1) is 0 Å². The summed E-state index contributed by atoms with van der Waals surface area (Å²) in [4.78, 5) is -0.0256. The van der Waals surface area contributed by atoms with E-state index >= 15 is 0 Å². The van der Waals surface area contributed by atoms with Crippen molar-refractivity contribution in [2.24, 2.45) is 4.40 Å². The summed E-state index contributed by atoms with van der Waals surface area (Å²) in [6, 6.07) is 5.49. The molecule has 1 aromatic carbocycles. The second-order valence-electron chi connectivity index (χ2n) is 2.71. The topological polar surface area (TPSA) is 46.5 Å². The predicted octanol–water partition coefficient (Wildman–Crippen LogP) is 3.47. The van der Waals surface area contributed by atoms with Crippen molar-refractivity contribution < 1.29 is 8.42 Å². The number of halogens is 4. The summed E-state index contributed by atoms with van der Waals surface area (Å²) >= 11 is 21.7. The summed E-state index contributed by atoms with van der Waals surface area (Å²) in [6.07, 6.45) is 0.724. The zero-order valence-corrected chi connectivity index (χ0v) is 11.4. The fraction of sp³-hybridized carbons (Fsp3) is 0.125. The first-order valence-corrected chi connectivity index (χ1v) is 6.80. The molecule has 0 N–H and O–H groups in total. The molecule has 0 amide bonds. The van der Waals surface area contributed by atoms with Crippen molar-refractivity contribution in [3.63, 3.8) is 0 Å². The third-order valence-corrected chi connectivity index (χ3v) is 3.24. The van der Waals surface area contributed by atoms with E-state index in [1.54, 1.807) is 0 Å². The molecular weight excluding hydrogens is 316 g/mol. The Bertz CT molecular complexity index is 490. The summed E-state index contributed by atoms with van der Waals surface area (Å²) in [6.45, 7) is 0. The van der Waals surface area contributed by atoms with E-state index in [0.29, 0.717) is 5.02 Å². The lowest BCUT2D eigenvalue weighted by Crippen LogP contribution is -2.06. The Kier molecular flexibility index (Phi) is 4.49. The quantitative estimate of drug-likeness (QED) is 0.618. The number of nitrogens with zero attached hydrogens (tertiary/aromatic N) is 1. The first kappa shape index (κ1) is 14.1. The third-order valence-electron chi connectivity index (χ3n) is 1.45. The second kappa shape index (κ2) is 5.10. The lowest BCUT2D eigenvalue weighted by molar-refractivity contribution is 0.598. The van der Waals surface area contributed by atoms with E-state index in [1.807, 2.05) is 0 Å². The zero-order chi connectivity index (χ0) is 12.4. The molecule has 88 valence electrons. The Morgan fingerprint density at radius 2 is 1.62 bits per heavy atom. The molecule has 16 heavy (non-hydrogen) atoms. The van der Waals surface area contributed by atoms with E-state index < -0.39 is 13.8 Å². The summed E-state index contributed by atoms with van der Waals surface area (Å²) in [5, 5.41) is 0.421. The van der Waals surface area contributed by atoms with Crippen molar-refractivity contribution in [1.82, 2.24) is 0 Å². The Morgan fingerprint density at radius 3 is 2.06 bits per heavy atom. The van der Waals surface area contributed by atoms with Crippen LogP contribution in [0.2, 0.25) is 5.02 Å². The Hall–Kier alpha value is -0.000000000000000167. The summed E-state index contributed by atoms with van der Waals surface area (Å²) in [5.41, 5.74) is 0. The SMILES string of the molecule is O=S(=O)(/N=C/C(Cl)(Cl)Cl)c1ccc(Cl)cc1. The molecule has 0 atom stereocenters. The van der Waals surface area contributed by atoms with Gasteiger partial charge in [0.05, 0.1) is 11.1 Å². The number of alkyl halides is 3. The maximum Gasteiger partial charge on any atom is 0.282 e. The maximum absolute atomic E-state index is 11.6. The lowest BCUT2D eigenvalue weighted by atomic mass is 10.4. The molecule has 8 heteroatoms. The molecule has 0 unspecified atom stereocenters. The average molecular weight is 321 g/mol. The first-order valence-electron chi connectivity index (χ1n) is 3.84. The smallest absolute Gasteiger partial charge is 0.199 e. The van der Waals surface area contributed by atoms with Gasteiger partial charge in [-0.3, -0.25) is 0 Å². The lowest BCUT2D eigenvalue weighted by Gasteiger charge is -2.02. The summed E-state index contributed by atoms with van der Waals surface area (Å²) in [7, 11) is -3.85. The Morgan fingerprint density at radius 1 is 1.12 bits per heavy atom. The van der Waals surface area contributed by atoms with Crippen molar-refractivity contribution >= 4 is 62.6 Å². The molecule has 0 spiro atoms. The van der Waals surface area contributed by atoms with Gasteiger partial charge in [0, 0.05) is 5.02 Å². The van der Waals surface area contributed by atoms with Crippen molar-refractivity contribution in [1.29, 1.82) is 0 Å². The van der Waals surface area contributed by atoms with E-state index in [0.717, 1.165) is 6.21 Å². The maximum atomic E-state index is 11.6. The molecule has 1 aromatic rings. The number of hydrogen-bond donors (Lipinski definition) is 0. The highest BCUT2D eigenvalue weighted by molar-refractivity contribution is 7.90. The molecular formula is C8H5Cl4NO2S. The molecule has 0 radical (unpaired) electrons. The van der Waals surface area contributed by atoms with Crippen LogP contribution in [0.1, 0.15) is 0 Å². The Balaban J connectivity index is 3.04. The van der Waals surface area contributed by atoms with Crippen LogP contribution in [0.25, 0.3) is 0 Å². The average Bonchev–Trinajstić information content (AvgIpc) is 2.15. The predicted molar refractivity (Wildman–Crippen MR) is 67.4 cm³/mol. The van der Waals surface area contributed by atoms with Crippen molar-refractivity contribution in [3.8, 4) is 0 Å². The number of sulfonamides is 1. The fourth-order valence-corrected chi connectivity index (χ4v) is 2.14. The normalized spacial score (nSPS) is 13.2. The van der Waals surface area contributed by atoms with Crippen molar-refractivity contribution in [2.75, 3.05) is 0 Å². The van der Waals surface area contributed by atoms with Crippen LogP contribution in [-0.4, -0.2) is 18.4 Å². The van der Waals surface area contributed by atoms with Crippen LogP contribution >= 0.6 is 46.4 Å². The van der Waals surface area contributed by atoms with Gasteiger partial charge in [-0.05, 0) is 24.3 Å². The fourth-order valence-electron chi connectivity index (χ4n) is 0.797. The van der Waals surface area contributed by atoms with E-state index in [4.69, 9.17) is 46.4 Å². The first-order chi connectivity index (χ1) is 7.21. The molecule has 0 aliphatic rings. The zero-order valence-electron chi connectivity index (χ0n) is 7.57. The molecule has 0 bridgehead atoms. The van der Waals surface area contributed by atoms with E-state index in [2.05, 4.69) is 4.40 Å². The number of hydrogen-bond acceptors (Lipinski definition) is 2. The van der Waals surface area contributed by atoms with Crippen LogP contribution in [0.3, 0.4) is 0 Å². The molecule has 0 saturated carbocycles. The number of benzene rings is 1. The highest BCUT2D eigenvalue weighted by Gasteiger charge is 2.19. The monoisotopic (exact) mass is 319 g/mol. The highest BCUT2D eigenvalue weighted by Crippen LogP contribution is 2.24. The van der Waals surface area contributed by atoms with Gasteiger partial charge in [0.1, 0.15) is 0 Å². The standard InChI is InChI=1S/C8H5Cl4NO2S/c9-6-1-3-7(4-2-6)16(14,15)13-5-8(10,11)12/h1-5H/b13-5+. The van der Waals surface area contributed by atoms with E-state index in [9.17, 15) is 8.42 Å². The van der Waals surface area contributed by atoms with Gasteiger partial charge in [0.25, 0.3) is 10.0 Å². The Labute approximate surface area is 113 Å². The van der Waals surface area contributed by atoms with Crippen LogP contribution < -0.4 is 0 Å². The highest BCUT2D eigenvalue weighted by atomic mass is 35.6. The second-order valence-corrected chi connectivity index (χ2v) is 7.14. The van der Waals surface area contributed by atoms with Crippen LogP contribution in [0.5, 0.6) is 0 Å². The number of rotatable bonds is 2. The van der Waals surface area contributed by atoms with Gasteiger partial charge in [-0.25, -0.2) is 0 Å². The van der Waals surface area contributed by atoms with Crippen LogP contribution in [0.4, 0.5) is 0 Å². The van der Waals surface area contributed by atoms with Crippen LogP contribution in [0.15, 0.2) is 33.6 Å². The van der Waals surface area contributed by atoms with Gasteiger partial charge in [0.15, 0.2) is 0 Å². The van der Waals surface area contributed by atoms with E-state index in [1.165, 1.54) is 24.3 Å². The van der Waals surface area contributed by atoms with Gasteiger partial charge in [-0.15, -0.1) is 0 Å².